The molecule has 0 spiro atoms. The summed E-state index contributed by atoms with van der Waals surface area (Å²) in [6.07, 6.45) is 5.18. The quantitative estimate of drug-likeness (QED) is 0.771. The number of carbonyl (C=O) groups is 2. The normalized spacial score (nSPS) is 10.9. The van der Waals surface area contributed by atoms with Gasteiger partial charge in [0.05, 0.1) is 12.8 Å². The molecular formula is C15H15NO4S. The lowest BCUT2D eigenvalue weighted by Crippen LogP contribution is -2.22. The van der Waals surface area contributed by atoms with Crippen LogP contribution in [-0.4, -0.2) is 17.0 Å². The standard InChI is InChI=1S/C15H15NO4S/c17-14(7-3-11-2-1-9-20-11)16-10-13-5-4-12(21-13)6-8-15(18)19/h1-2,4-6,8-9H,3,7,10H2,(H,16,17)(H,18,19). The Kier molecular flexibility index (Phi) is 5.34. The van der Waals surface area contributed by atoms with Crippen LogP contribution >= 0.6 is 11.3 Å². The molecule has 0 aliphatic heterocycles. The van der Waals surface area contributed by atoms with Gasteiger partial charge < -0.3 is 14.8 Å². The molecule has 0 bridgehead atoms. The van der Waals surface area contributed by atoms with Crippen LogP contribution in [-0.2, 0) is 22.6 Å². The maximum absolute atomic E-state index is 11.7. The summed E-state index contributed by atoms with van der Waals surface area (Å²) in [4.78, 5) is 23.9. The number of aryl methyl sites for hydroxylation is 1. The number of carbonyl (C=O) groups excluding carboxylic acids is 1. The fourth-order valence-corrected chi connectivity index (χ4v) is 2.55. The SMILES string of the molecule is O=C(O)C=Cc1ccc(CNC(=O)CCc2ccco2)s1. The van der Waals surface area contributed by atoms with Crippen molar-refractivity contribution in [3.63, 3.8) is 0 Å². The Morgan fingerprint density at radius 3 is 2.90 bits per heavy atom. The minimum atomic E-state index is -0.976. The van der Waals surface area contributed by atoms with Crippen molar-refractivity contribution < 1.29 is 19.1 Å². The van der Waals surface area contributed by atoms with Crippen LogP contribution in [0.5, 0.6) is 0 Å². The van der Waals surface area contributed by atoms with Crippen LogP contribution in [0.4, 0.5) is 0 Å². The van der Waals surface area contributed by atoms with Crippen molar-refractivity contribution >= 4 is 29.3 Å². The highest BCUT2D eigenvalue weighted by Gasteiger charge is 2.05. The van der Waals surface area contributed by atoms with E-state index in [-0.39, 0.29) is 5.91 Å². The first-order valence-corrected chi connectivity index (χ1v) is 7.24. The molecule has 0 saturated heterocycles. The first-order chi connectivity index (χ1) is 10.1. The van der Waals surface area contributed by atoms with Crippen molar-refractivity contribution in [2.45, 2.75) is 19.4 Å². The summed E-state index contributed by atoms with van der Waals surface area (Å²) in [6, 6.07) is 7.34. The van der Waals surface area contributed by atoms with Crippen molar-refractivity contribution in [3.8, 4) is 0 Å². The predicted octanol–water partition coefficient (Wildman–Crippen LogP) is 2.69. The summed E-state index contributed by atoms with van der Waals surface area (Å²) >= 11 is 1.45. The van der Waals surface area contributed by atoms with Gasteiger partial charge in [-0.05, 0) is 30.3 Å². The van der Waals surface area contributed by atoms with Gasteiger partial charge in [0.1, 0.15) is 5.76 Å². The Bertz CT molecular complexity index is 628. The Balaban J connectivity index is 1.75. The molecule has 0 unspecified atom stereocenters. The molecule has 0 aliphatic carbocycles. The number of carboxylic acids is 1. The molecular weight excluding hydrogens is 290 g/mol. The van der Waals surface area contributed by atoms with Crippen LogP contribution in [0.2, 0.25) is 0 Å². The van der Waals surface area contributed by atoms with Crippen molar-refractivity contribution in [2.24, 2.45) is 0 Å². The summed E-state index contributed by atoms with van der Waals surface area (Å²) in [7, 11) is 0. The van der Waals surface area contributed by atoms with Gasteiger partial charge in [-0.2, -0.15) is 0 Å². The Labute approximate surface area is 125 Å². The van der Waals surface area contributed by atoms with Crippen LogP contribution in [0, 0.1) is 0 Å². The summed E-state index contributed by atoms with van der Waals surface area (Å²) in [6.45, 7) is 0.447. The van der Waals surface area contributed by atoms with Gasteiger partial charge in [0.25, 0.3) is 0 Å². The Hall–Kier alpha value is -2.34. The van der Waals surface area contributed by atoms with E-state index in [2.05, 4.69) is 5.32 Å². The average Bonchev–Trinajstić information content (AvgIpc) is 3.12. The van der Waals surface area contributed by atoms with Gasteiger partial charge in [-0.25, -0.2) is 4.79 Å². The van der Waals surface area contributed by atoms with Crippen molar-refractivity contribution in [1.82, 2.24) is 5.32 Å². The zero-order valence-corrected chi connectivity index (χ0v) is 12.1. The van der Waals surface area contributed by atoms with E-state index in [1.54, 1.807) is 12.3 Å². The molecule has 0 saturated carbocycles. The van der Waals surface area contributed by atoms with Gasteiger partial charge in [0.2, 0.25) is 5.91 Å². The van der Waals surface area contributed by atoms with Gasteiger partial charge in [0.15, 0.2) is 0 Å². The zero-order valence-electron chi connectivity index (χ0n) is 11.2. The average molecular weight is 305 g/mol. The largest absolute Gasteiger partial charge is 0.478 e. The predicted molar refractivity (Wildman–Crippen MR) is 79.9 cm³/mol. The number of aliphatic carboxylic acids is 1. The fourth-order valence-electron chi connectivity index (χ4n) is 1.70. The van der Waals surface area contributed by atoms with E-state index >= 15 is 0 Å². The number of thiophene rings is 1. The van der Waals surface area contributed by atoms with E-state index < -0.39 is 5.97 Å². The van der Waals surface area contributed by atoms with Crippen LogP contribution in [0.15, 0.2) is 41.0 Å². The lowest BCUT2D eigenvalue weighted by atomic mass is 10.2. The number of hydrogen-bond acceptors (Lipinski definition) is 4. The molecule has 110 valence electrons. The topological polar surface area (TPSA) is 79.5 Å². The third-order valence-corrected chi connectivity index (χ3v) is 3.76. The molecule has 0 aliphatic rings. The molecule has 2 N–H and O–H groups in total. The van der Waals surface area contributed by atoms with Crippen LogP contribution in [0.25, 0.3) is 6.08 Å². The third kappa shape index (κ3) is 5.27. The maximum Gasteiger partial charge on any atom is 0.328 e. The van der Waals surface area contributed by atoms with E-state index in [9.17, 15) is 9.59 Å². The second-order valence-electron chi connectivity index (χ2n) is 4.33. The molecule has 0 radical (unpaired) electrons. The van der Waals surface area contributed by atoms with E-state index in [1.165, 1.54) is 17.4 Å². The second kappa shape index (κ2) is 7.44. The van der Waals surface area contributed by atoms with Gasteiger partial charge in [0, 0.05) is 28.7 Å². The molecule has 2 rings (SSSR count). The Morgan fingerprint density at radius 2 is 2.19 bits per heavy atom. The van der Waals surface area contributed by atoms with Gasteiger partial charge >= 0.3 is 5.97 Å². The lowest BCUT2D eigenvalue weighted by Gasteiger charge is -2.02. The highest BCUT2D eigenvalue weighted by atomic mass is 32.1. The monoisotopic (exact) mass is 305 g/mol. The molecule has 1 amide bonds. The number of hydrogen-bond donors (Lipinski definition) is 2. The first-order valence-electron chi connectivity index (χ1n) is 6.42. The summed E-state index contributed by atoms with van der Waals surface area (Å²) in [5, 5.41) is 11.4. The summed E-state index contributed by atoms with van der Waals surface area (Å²) in [5.74, 6) is -0.221. The molecule has 2 aromatic rings. The lowest BCUT2D eigenvalue weighted by molar-refractivity contribution is -0.131. The van der Waals surface area contributed by atoms with Crippen LogP contribution < -0.4 is 5.32 Å². The number of furan rings is 1. The molecule has 0 fully saturated rings. The van der Waals surface area contributed by atoms with E-state index in [0.29, 0.717) is 19.4 Å². The van der Waals surface area contributed by atoms with Crippen LogP contribution in [0.1, 0.15) is 21.9 Å². The van der Waals surface area contributed by atoms with E-state index in [1.807, 2.05) is 18.2 Å². The maximum atomic E-state index is 11.7. The molecule has 6 heteroatoms. The van der Waals surface area contributed by atoms with Gasteiger partial charge in [-0.15, -0.1) is 11.3 Å². The molecule has 5 nitrogen and oxygen atoms in total. The highest BCUT2D eigenvalue weighted by Crippen LogP contribution is 2.17. The number of rotatable bonds is 7. The van der Waals surface area contributed by atoms with Crippen molar-refractivity contribution in [1.29, 1.82) is 0 Å². The third-order valence-electron chi connectivity index (χ3n) is 2.71. The van der Waals surface area contributed by atoms with Crippen molar-refractivity contribution in [3.05, 3.63) is 52.1 Å². The smallest absolute Gasteiger partial charge is 0.328 e. The fraction of sp³-hybridized carbons (Fsp3) is 0.200. The molecule has 2 aromatic heterocycles. The van der Waals surface area contributed by atoms with Gasteiger partial charge in [-0.1, -0.05) is 0 Å². The molecule has 21 heavy (non-hydrogen) atoms. The molecule has 2 heterocycles. The van der Waals surface area contributed by atoms with Crippen molar-refractivity contribution in [2.75, 3.05) is 0 Å². The van der Waals surface area contributed by atoms with Gasteiger partial charge in [-0.3, -0.25) is 4.79 Å². The highest BCUT2D eigenvalue weighted by molar-refractivity contribution is 7.12. The first kappa shape index (κ1) is 15.1. The number of carboxylic acid groups (broad SMARTS) is 1. The van der Waals surface area contributed by atoms with Crippen LogP contribution in [0.3, 0.4) is 0 Å². The zero-order chi connectivity index (χ0) is 15.1. The molecule has 0 aromatic carbocycles. The second-order valence-corrected chi connectivity index (χ2v) is 5.53. The summed E-state index contributed by atoms with van der Waals surface area (Å²) < 4.78 is 5.16. The van der Waals surface area contributed by atoms with E-state index in [4.69, 9.17) is 9.52 Å². The number of nitrogens with one attached hydrogen (secondary N) is 1. The summed E-state index contributed by atoms with van der Waals surface area (Å²) in [5.41, 5.74) is 0. The minimum absolute atomic E-state index is 0.0394. The molecule has 0 atom stereocenters. The number of amides is 1. The Morgan fingerprint density at radius 1 is 1.33 bits per heavy atom. The minimum Gasteiger partial charge on any atom is -0.478 e. The van der Waals surface area contributed by atoms with E-state index in [0.717, 1.165) is 21.6 Å².